The molecule has 1 amide bonds. The fourth-order valence-electron chi connectivity index (χ4n) is 3.55. The average molecular weight is 326 g/mol. The Labute approximate surface area is 146 Å². The van der Waals surface area contributed by atoms with Crippen molar-refractivity contribution in [3.05, 3.63) is 57.9 Å². The van der Waals surface area contributed by atoms with Crippen LogP contribution < -0.4 is 0 Å². The standard InChI is InChI=1S/C21H30N2O/c1-7-12-22(6)21(24)20-16(4)19(8-2)17(5)23(20)14-18-11-9-10-15(3)13-18/h9-11,13H,7-8,12,14H2,1-6H3. The van der Waals surface area contributed by atoms with E-state index in [1.54, 1.807) is 0 Å². The summed E-state index contributed by atoms with van der Waals surface area (Å²) in [5, 5.41) is 0. The topological polar surface area (TPSA) is 25.2 Å². The number of rotatable bonds is 6. The smallest absolute Gasteiger partial charge is 0.270 e. The van der Waals surface area contributed by atoms with E-state index in [9.17, 15) is 4.79 Å². The molecule has 24 heavy (non-hydrogen) atoms. The zero-order valence-corrected chi connectivity index (χ0v) is 15.9. The van der Waals surface area contributed by atoms with E-state index < -0.39 is 0 Å². The number of amides is 1. The van der Waals surface area contributed by atoms with Gasteiger partial charge in [-0.05, 0) is 50.3 Å². The molecule has 130 valence electrons. The first-order valence-corrected chi connectivity index (χ1v) is 8.90. The lowest BCUT2D eigenvalue weighted by molar-refractivity contribution is 0.0784. The highest BCUT2D eigenvalue weighted by Gasteiger charge is 2.24. The largest absolute Gasteiger partial charge is 0.340 e. The minimum atomic E-state index is 0.129. The quantitative estimate of drug-likeness (QED) is 0.767. The first kappa shape index (κ1) is 18.3. The van der Waals surface area contributed by atoms with E-state index in [0.29, 0.717) is 0 Å². The number of hydrogen-bond acceptors (Lipinski definition) is 1. The summed E-state index contributed by atoms with van der Waals surface area (Å²) in [5.41, 5.74) is 6.99. The molecular weight excluding hydrogens is 296 g/mol. The summed E-state index contributed by atoms with van der Waals surface area (Å²) < 4.78 is 2.21. The number of nitrogens with zero attached hydrogens (tertiary/aromatic N) is 2. The molecule has 0 bridgehead atoms. The minimum absolute atomic E-state index is 0.129. The lowest BCUT2D eigenvalue weighted by Crippen LogP contribution is -2.30. The van der Waals surface area contributed by atoms with E-state index in [-0.39, 0.29) is 5.91 Å². The molecule has 2 aromatic rings. The summed E-state index contributed by atoms with van der Waals surface area (Å²) in [6, 6.07) is 8.53. The van der Waals surface area contributed by atoms with Gasteiger partial charge in [-0.25, -0.2) is 0 Å². The van der Waals surface area contributed by atoms with Crippen LogP contribution >= 0.6 is 0 Å². The zero-order valence-electron chi connectivity index (χ0n) is 15.9. The number of carbonyl (C=O) groups excluding carboxylic acids is 1. The molecule has 0 saturated heterocycles. The van der Waals surface area contributed by atoms with Gasteiger partial charge < -0.3 is 9.47 Å². The van der Waals surface area contributed by atoms with Crippen molar-refractivity contribution in [2.24, 2.45) is 0 Å². The maximum absolute atomic E-state index is 13.0. The van der Waals surface area contributed by atoms with Crippen molar-refractivity contribution < 1.29 is 4.79 Å². The van der Waals surface area contributed by atoms with Crippen molar-refractivity contribution in [2.45, 2.75) is 54.0 Å². The summed E-state index contributed by atoms with van der Waals surface area (Å²) >= 11 is 0. The summed E-state index contributed by atoms with van der Waals surface area (Å²) in [4.78, 5) is 14.9. The third-order valence-electron chi connectivity index (χ3n) is 4.80. The van der Waals surface area contributed by atoms with E-state index >= 15 is 0 Å². The normalized spacial score (nSPS) is 10.9. The van der Waals surface area contributed by atoms with Gasteiger partial charge >= 0.3 is 0 Å². The van der Waals surface area contributed by atoms with Crippen molar-refractivity contribution in [1.29, 1.82) is 0 Å². The molecule has 0 aliphatic carbocycles. The second-order valence-electron chi connectivity index (χ2n) is 6.69. The third kappa shape index (κ3) is 3.55. The van der Waals surface area contributed by atoms with Crippen LogP contribution in [0.3, 0.4) is 0 Å². The van der Waals surface area contributed by atoms with Gasteiger partial charge in [-0.2, -0.15) is 0 Å². The summed E-state index contributed by atoms with van der Waals surface area (Å²) in [6.45, 7) is 12.1. The molecule has 3 nitrogen and oxygen atoms in total. The van der Waals surface area contributed by atoms with Gasteiger partial charge in [0.25, 0.3) is 5.91 Å². The van der Waals surface area contributed by atoms with E-state index in [1.807, 2.05) is 11.9 Å². The van der Waals surface area contributed by atoms with E-state index in [1.165, 1.54) is 22.4 Å². The molecule has 0 radical (unpaired) electrons. The Hall–Kier alpha value is -2.03. The number of benzene rings is 1. The lowest BCUT2D eigenvalue weighted by atomic mass is 10.1. The first-order valence-electron chi connectivity index (χ1n) is 8.90. The van der Waals surface area contributed by atoms with Crippen molar-refractivity contribution in [3.63, 3.8) is 0 Å². The van der Waals surface area contributed by atoms with Gasteiger partial charge in [0.05, 0.1) is 0 Å². The van der Waals surface area contributed by atoms with Crippen molar-refractivity contribution in [3.8, 4) is 0 Å². The fraction of sp³-hybridized carbons (Fsp3) is 0.476. The fourth-order valence-corrected chi connectivity index (χ4v) is 3.55. The van der Waals surface area contributed by atoms with Crippen LogP contribution in [0.5, 0.6) is 0 Å². The van der Waals surface area contributed by atoms with Gasteiger partial charge in [0, 0.05) is 25.8 Å². The van der Waals surface area contributed by atoms with Crippen molar-refractivity contribution in [1.82, 2.24) is 9.47 Å². The average Bonchev–Trinajstić information content (AvgIpc) is 2.77. The van der Waals surface area contributed by atoms with Crippen LogP contribution in [-0.2, 0) is 13.0 Å². The van der Waals surface area contributed by atoms with Crippen LogP contribution in [0.1, 0.15) is 58.7 Å². The molecule has 1 heterocycles. The Morgan fingerprint density at radius 1 is 1.17 bits per heavy atom. The first-order chi connectivity index (χ1) is 11.4. The maximum atomic E-state index is 13.0. The molecule has 0 saturated carbocycles. The van der Waals surface area contributed by atoms with Crippen LogP contribution in [0.15, 0.2) is 24.3 Å². The van der Waals surface area contributed by atoms with E-state index in [2.05, 4.69) is 63.5 Å². The second-order valence-corrected chi connectivity index (χ2v) is 6.69. The van der Waals surface area contributed by atoms with Gasteiger partial charge in [-0.15, -0.1) is 0 Å². The lowest BCUT2D eigenvalue weighted by Gasteiger charge is -2.19. The predicted molar refractivity (Wildman–Crippen MR) is 101 cm³/mol. The van der Waals surface area contributed by atoms with Gasteiger partial charge in [0.1, 0.15) is 5.69 Å². The van der Waals surface area contributed by atoms with Crippen LogP contribution in [0.4, 0.5) is 0 Å². The van der Waals surface area contributed by atoms with Crippen molar-refractivity contribution >= 4 is 5.91 Å². The van der Waals surface area contributed by atoms with Crippen LogP contribution in [-0.4, -0.2) is 29.0 Å². The molecule has 0 unspecified atom stereocenters. The maximum Gasteiger partial charge on any atom is 0.270 e. The van der Waals surface area contributed by atoms with Crippen LogP contribution in [0, 0.1) is 20.8 Å². The Morgan fingerprint density at radius 2 is 1.88 bits per heavy atom. The highest BCUT2D eigenvalue weighted by atomic mass is 16.2. The summed E-state index contributed by atoms with van der Waals surface area (Å²) in [5.74, 6) is 0.129. The Bertz CT molecular complexity index is 728. The molecule has 0 atom stereocenters. The van der Waals surface area contributed by atoms with Gasteiger partial charge in [-0.1, -0.05) is 43.7 Å². The van der Waals surface area contributed by atoms with E-state index in [0.717, 1.165) is 37.2 Å². The van der Waals surface area contributed by atoms with Gasteiger partial charge in [0.2, 0.25) is 0 Å². The van der Waals surface area contributed by atoms with Crippen LogP contribution in [0.2, 0.25) is 0 Å². The Morgan fingerprint density at radius 3 is 2.46 bits per heavy atom. The molecule has 0 fully saturated rings. The monoisotopic (exact) mass is 326 g/mol. The van der Waals surface area contributed by atoms with Gasteiger partial charge in [-0.3, -0.25) is 4.79 Å². The van der Waals surface area contributed by atoms with E-state index in [4.69, 9.17) is 0 Å². The number of aromatic nitrogens is 1. The summed E-state index contributed by atoms with van der Waals surface area (Å²) in [7, 11) is 1.90. The second kappa shape index (κ2) is 7.69. The molecular formula is C21H30N2O. The number of hydrogen-bond donors (Lipinski definition) is 0. The molecule has 3 heteroatoms. The number of aryl methyl sites for hydroxylation is 1. The third-order valence-corrected chi connectivity index (χ3v) is 4.80. The molecule has 0 aliphatic heterocycles. The molecule has 0 N–H and O–H groups in total. The highest BCUT2D eigenvalue weighted by molar-refractivity contribution is 5.94. The molecule has 0 aliphatic rings. The van der Waals surface area contributed by atoms with Crippen molar-refractivity contribution in [2.75, 3.05) is 13.6 Å². The highest BCUT2D eigenvalue weighted by Crippen LogP contribution is 2.25. The summed E-state index contributed by atoms with van der Waals surface area (Å²) in [6.07, 6.45) is 1.93. The molecule has 1 aromatic heterocycles. The molecule has 0 spiro atoms. The predicted octanol–water partition coefficient (Wildman–Crippen LogP) is 4.51. The molecule has 2 rings (SSSR count). The zero-order chi connectivity index (χ0) is 17.9. The Kier molecular flexibility index (Phi) is 5.87. The van der Waals surface area contributed by atoms with Gasteiger partial charge in [0.15, 0.2) is 0 Å². The van der Waals surface area contributed by atoms with Crippen LogP contribution in [0.25, 0.3) is 0 Å². The number of carbonyl (C=O) groups is 1. The Balaban J connectivity index is 2.51. The minimum Gasteiger partial charge on any atom is -0.340 e. The SMILES string of the molecule is CCCN(C)C(=O)c1c(C)c(CC)c(C)n1Cc1cccc(C)c1. The molecule has 1 aromatic carbocycles.